The Morgan fingerprint density at radius 1 is 1.47 bits per heavy atom. The minimum Gasteiger partial charge on any atom is -0.507 e. The van der Waals surface area contributed by atoms with E-state index >= 15 is 0 Å². The van der Waals surface area contributed by atoms with Crippen LogP contribution in [-0.2, 0) is 10.0 Å². The minimum absolute atomic E-state index is 0.0366. The molecule has 5 nitrogen and oxygen atoms in total. The molecule has 0 atom stereocenters. The Bertz CT molecular complexity index is 454. The predicted octanol–water partition coefficient (Wildman–Crippen LogP) is 0.665. The summed E-state index contributed by atoms with van der Waals surface area (Å²) in [6.07, 6.45) is 1.25. The standard InChI is InChI=1S/C9H12N2O3S/c1-2-15(13,14)11-10-7-8-5-3-4-6-9(8)12/h3-7,11-12H,2H2,1H3. The summed E-state index contributed by atoms with van der Waals surface area (Å²) in [5.41, 5.74) is 0.455. The molecule has 0 spiro atoms. The molecule has 2 N–H and O–H groups in total. The number of nitrogens with one attached hydrogen (secondary N) is 1. The number of hydrazone groups is 1. The number of hydrogen-bond acceptors (Lipinski definition) is 4. The lowest BCUT2D eigenvalue weighted by atomic mass is 10.2. The van der Waals surface area contributed by atoms with E-state index in [1.807, 2.05) is 4.83 Å². The van der Waals surface area contributed by atoms with Gasteiger partial charge in [-0.15, -0.1) is 0 Å². The van der Waals surface area contributed by atoms with Crippen LogP contribution in [0.2, 0.25) is 0 Å². The van der Waals surface area contributed by atoms with Gasteiger partial charge >= 0.3 is 0 Å². The van der Waals surface area contributed by atoms with E-state index in [-0.39, 0.29) is 11.5 Å². The number of para-hydroxylation sites is 1. The first-order valence-electron chi connectivity index (χ1n) is 4.35. The monoisotopic (exact) mass is 228 g/mol. The summed E-state index contributed by atoms with van der Waals surface area (Å²) in [7, 11) is -3.33. The lowest BCUT2D eigenvalue weighted by molar-refractivity contribution is 0.474. The summed E-state index contributed by atoms with van der Waals surface area (Å²) in [6, 6.07) is 6.51. The van der Waals surface area contributed by atoms with Gasteiger partial charge < -0.3 is 5.11 Å². The number of aromatic hydroxyl groups is 1. The molecule has 0 radical (unpaired) electrons. The first kappa shape index (κ1) is 11.5. The van der Waals surface area contributed by atoms with Crippen LogP contribution < -0.4 is 4.83 Å². The third kappa shape index (κ3) is 3.59. The van der Waals surface area contributed by atoms with Crippen LogP contribution >= 0.6 is 0 Å². The van der Waals surface area contributed by atoms with Crippen molar-refractivity contribution in [3.05, 3.63) is 29.8 Å². The van der Waals surface area contributed by atoms with Crippen molar-refractivity contribution >= 4 is 16.2 Å². The molecule has 0 aliphatic heterocycles. The molecular weight excluding hydrogens is 216 g/mol. The Morgan fingerprint density at radius 2 is 2.13 bits per heavy atom. The Labute approximate surface area is 88.5 Å². The number of phenols is 1. The van der Waals surface area contributed by atoms with E-state index in [1.54, 1.807) is 18.2 Å². The van der Waals surface area contributed by atoms with Gasteiger partial charge in [0.25, 0.3) is 0 Å². The molecular formula is C9H12N2O3S. The molecule has 0 saturated heterocycles. The summed E-state index contributed by atoms with van der Waals surface area (Å²) in [4.78, 5) is 2.01. The maximum Gasteiger partial charge on any atom is 0.247 e. The van der Waals surface area contributed by atoms with Crippen LogP contribution in [0.5, 0.6) is 5.75 Å². The quantitative estimate of drug-likeness (QED) is 0.587. The highest BCUT2D eigenvalue weighted by atomic mass is 32.2. The molecule has 0 amide bonds. The Morgan fingerprint density at radius 3 is 2.73 bits per heavy atom. The van der Waals surface area contributed by atoms with Crippen molar-refractivity contribution in [3.63, 3.8) is 0 Å². The van der Waals surface area contributed by atoms with Gasteiger partial charge in [0.2, 0.25) is 10.0 Å². The molecule has 0 aliphatic carbocycles. The molecule has 0 fully saturated rings. The van der Waals surface area contributed by atoms with Crippen LogP contribution in [-0.4, -0.2) is 25.5 Å². The molecule has 0 heterocycles. The first-order valence-corrected chi connectivity index (χ1v) is 6.01. The fourth-order valence-electron chi connectivity index (χ4n) is 0.837. The van der Waals surface area contributed by atoms with E-state index in [0.29, 0.717) is 5.56 Å². The second-order valence-electron chi connectivity index (χ2n) is 2.81. The second kappa shape index (κ2) is 4.79. The summed E-state index contributed by atoms with van der Waals surface area (Å²) in [6.45, 7) is 1.51. The topological polar surface area (TPSA) is 78.8 Å². The fraction of sp³-hybridized carbons (Fsp3) is 0.222. The average molecular weight is 228 g/mol. The second-order valence-corrected chi connectivity index (χ2v) is 4.80. The van der Waals surface area contributed by atoms with Crippen molar-refractivity contribution in [3.8, 4) is 5.75 Å². The molecule has 6 heteroatoms. The summed E-state index contributed by atoms with van der Waals surface area (Å²) < 4.78 is 22.0. The highest BCUT2D eigenvalue weighted by molar-refractivity contribution is 7.89. The molecule has 0 saturated carbocycles. The summed E-state index contributed by atoms with van der Waals surface area (Å²) in [5, 5.41) is 12.9. The van der Waals surface area contributed by atoms with Crippen molar-refractivity contribution in [2.75, 3.05) is 5.75 Å². The first-order chi connectivity index (χ1) is 7.05. The number of rotatable bonds is 4. The molecule has 0 bridgehead atoms. The Kier molecular flexibility index (Phi) is 3.68. The predicted molar refractivity (Wildman–Crippen MR) is 58.3 cm³/mol. The lowest BCUT2D eigenvalue weighted by Gasteiger charge is -1.99. The van der Waals surface area contributed by atoms with Crippen LogP contribution in [0.25, 0.3) is 0 Å². The van der Waals surface area contributed by atoms with Gasteiger partial charge in [-0.05, 0) is 19.1 Å². The maximum absolute atomic E-state index is 11.0. The van der Waals surface area contributed by atoms with Crippen LogP contribution in [0.15, 0.2) is 29.4 Å². The minimum atomic E-state index is -3.33. The highest BCUT2D eigenvalue weighted by Gasteiger charge is 2.02. The molecule has 1 aromatic rings. The van der Waals surface area contributed by atoms with Crippen molar-refractivity contribution in [2.24, 2.45) is 5.10 Å². The van der Waals surface area contributed by atoms with Gasteiger partial charge in [-0.1, -0.05) is 12.1 Å². The highest BCUT2D eigenvalue weighted by Crippen LogP contribution is 2.12. The maximum atomic E-state index is 11.0. The smallest absolute Gasteiger partial charge is 0.247 e. The van der Waals surface area contributed by atoms with E-state index in [2.05, 4.69) is 5.10 Å². The van der Waals surface area contributed by atoms with Crippen molar-refractivity contribution in [2.45, 2.75) is 6.92 Å². The number of nitrogens with zero attached hydrogens (tertiary/aromatic N) is 1. The van der Waals surface area contributed by atoms with Crippen molar-refractivity contribution in [1.82, 2.24) is 4.83 Å². The molecule has 15 heavy (non-hydrogen) atoms. The van der Waals surface area contributed by atoms with Crippen LogP contribution in [0.1, 0.15) is 12.5 Å². The van der Waals surface area contributed by atoms with Crippen LogP contribution in [0.4, 0.5) is 0 Å². The van der Waals surface area contributed by atoms with Crippen LogP contribution in [0.3, 0.4) is 0 Å². The Hall–Kier alpha value is -1.56. The number of phenolic OH excluding ortho intramolecular Hbond substituents is 1. The zero-order chi connectivity index (χ0) is 11.3. The van der Waals surface area contributed by atoms with Gasteiger partial charge in [0.05, 0.1) is 12.0 Å². The van der Waals surface area contributed by atoms with E-state index in [9.17, 15) is 13.5 Å². The van der Waals surface area contributed by atoms with Gasteiger partial charge in [-0.2, -0.15) is 5.10 Å². The van der Waals surface area contributed by atoms with E-state index < -0.39 is 10.0 Å². The van der Waals surface area contributed by atoms with Gasteiger partial charge in [0.1, 0.15) is 5.75 Å². The van der Waals surface area contributed by atoms with Crippen LogP contribution in [0, 0.1) is 0 Å². The van der Waals surface area contributed by atoms with Crippen molar-refractivity contribution < 1.29 is 13.5 Å². The van der Waals surface area contributed by atoms with E-state index in [1.165, 1.54) is 19.2 Å². The fourth-order valence-corrected chi connectivity index (χ4v) is 1.18. The van der Waals surface area contributed by atoms with Gasteiger partial charge in [-0.25, -0.2) is 13.2 Å². The third-order valence-corrected chi connectivity index (χ3v) is 2.86. The van der Waals surface area contributed by atoms with E-state index in [4.69, 9.17) is 0 Å². The zero-order valence-electron chi connectivity index (χ0n) is 8.21. The molecule has 0 aromatic heterocycles. The molecule has 82 valence electrons. The zero-order valence-corrected chi connectivity index (χ0v) is 9.03. The molecule has 1 rings (SSSR count). The summed E-state index contributed by atoms with van der Waals surface area (Å²) in [5.74, 6) is 0.0161. The Balaban J connectivity index is 2.72. The van der Waals surface area contributed by atoms with Gasteiger partial charge in [0, 0.05) is 5.56 Å². The number of sulfonamides is 1. The van der Waals surface area contributed by atoms with Gasteiger partial charge in [0.15, 0.2) is 0 Å². The lowest BCUT2D eigenvalue weighted by Crippen LogP contribution is -2.19. The molecule has 0 aliphatic rings. The number of benzene rings is 1. The van der Waals surface area contributed by atoms with Crippen molar-refractivity contribution in [1.29, 1.82) is 0 Å². The normalized spacial score (nSPS) is 11.8. The van der Waals surface area contributed by atoms with Gasteiger partial charge in [-0.3, -0.25) is 0 Å². The van der Waals surface area contributed by atoms with E-state index in [0.717, 1.165) is 0 Å². The molecule has 1 aromatic carbocycles. The average Bonchev–Trinajstić information content (AvgIpc) is 2.21. The third-order valence-electron chi connectivity index (χ3n) is 1.71. The SMILES string of the molecule is CCS(=O)(=O)NN=Cc1ccccc1O. The largest absolute Gasteiger partial charge is 0.507 e. The molecule has 0 unspecified atom stereocenters. The summed E-state index contributed by atoms with van der Waals surface area (Å²) >= 11 is 0. The number of hydrogen-bond donors (Lipinski definition) is 2.